The molecule has 5 heteroatoms. The number of rotatable bonds is 7. The van der Waals surface area contributed by atoms with Gasteiger partial charge in [0, 0.05) is 12.1 Å². The van der Waals surface area contributed by atoms with Gasteiger partial charge in [0.15, 0.2) is 11.5 Å². The predicted molar refractivity (Wildman–Crippen MR) is 93.4 cm³/mol. The molecule has 1 N–H and O–H groups in total. The number of para-hydroxylation sites is 2. The van der Waals surface area contributed by atoms with Crippen molar-refractivity contribution in [3.63, 3.8) is 0 Å². The number of ether oxygens (including phenoxy) is 2. The Bertz CT molecular complexity index is 571. The summed E-state index contributed by atoms with van der Waals surface area (Å²) in [6.45, 7) is 8.04. The van der Waals surface area contributed by atoms with Crippen LogP contribution in [0, 0.1) is 5.92 Å². The van der Waals surface area contributed by atoms with E-state index in [9.17, 15) is 4.79 Å². The van der Waals surface area contributed by atoms with Crippen molar-refractivity contribution in [3.8, 4) is 11.5 Å². The van der Waals surface area contributed by atoms with Gasteiger partial charge in [0.25, 0.3) is 0 Å². The maximum Gasteiger partial charge on any atom is 0.234 e. The Kier molecular flexibility index (Phi) is 5.29. The number of carbonyl (C=O) groups is 1. The number of amides is 1. The van der Waals surface area contributed by atoms with Crippen LogP contribution in [0.2, 0.25) is 0 Å². The molecule has 0 bridgehead atoms. The molecule has 5 nitrogen and oxygen atoms in total. The van der Waals surface area contributed by atoms with Gasteiger partial charge in [-0.15, -0.1) is 0 Å². The van der Waals surface area contributed by atoms with E-state index >= 15 is 0 Å². The van der Waals surface area contributed by atoms with Crippen molar-refractivity contribution in [1.29, 1.82) is 0 Å². The molecule has 2 atom stereocenters. The highest BCUT2D eigenvalue weighted by Gasteiger charge is 2.34. The van der Waals surface area contributed by atoms with Gasteiger partial charge in [-0.25, -0.2) is 0 Å². The van der Waals surface area contributed by atoms with Crippen LogP contribution in [0.25, 0.3) is 0 Å². The second-order valence-electron chi connectivity index (χ2n) is 7.19. The van der Waals surface area contributed by atoms with Gasteiger partial charge in [0.2, 0.25) is 5.91 Å². The van der Waals surface area contributed by atoms with Gasteiger partial charge in [-0.3, -0.25) is 9.69 Å². The molecule has 24 heavy (non-hydrogen) atoms. The third-order valence-electron chi connectivity index (χ3n) is 4.92. The fourth-order valence-corrected chi connectivity index (χ4v) is 3.01. The van der Waals surface area contributed by atoms with Crippen LogP contribution in [0.3, 0.4) is 0 Å². The van der Waals surface area contributed by atoms with Crippen LogP contribution in [0.15, 0.2) is 24.3 Å². The molecule has 1 aliphatic heterocycles. The van der Waals surface area contributed by atoms with E-state index in [1.807, 2.05) is 24.3 Å². The molecule has 1 saturated carbocycles. The lowest BCUT2D eigenvalue weighted by Crippen LogP contribution is -2.47. The van der Waals surface area contributed by atoms with Crippen LogP contribution in [0.4, 0.5) is 0 Å². The monoisotopic (exact) mass is 332 g/mol. The van der Waals surface area contributed by atoms with Gasteiger partial charge < -0.3 is 14.8 Å². The SMILES string of the molecule is CC(C)[C@@H](C)N(CC(=O)NC[C@@H]1COc2ccccc2O1)C1CC1. The third kappa shape index (κ3) is 4.20. The number of fused-ring (bicyclic) bond motifs is 1. The normalized spacial score (nSPS) is 21.0. The van der Waals surface area contributed by atoms with E-state index in [2.05, 4.69) is 31.0 Å². The average Bonchev–Trinajstić information content (AvgIpc) is 3.42. The van der Waals surface area contributed by atoms with E-state index in [1.54, 1.807) is 0 Å². The van der Waals surface area contributed by atoms with Crippen molar-refractivity contribution >= 4 is 5.91 Å². The molecule has 1 amide bonds. The van der Waals surface area contributed by atoms with Crippen molar-refractivity contribution in [3.05, 3.63) is 24.3 Å². The minimum Gasteiger partial charge on any atom is -0.486 e. The Morgan fingerprint density at radius 1 is 1.25 bits per heavy atom. The third-order valence-corrected chi connectivity index (χ3v) is 4.92. The summed E-state index contributed by atoms with van der Waals surface area (Å²) in [5, 5.41) is 3.00. The molecule has 1 aromatic carbocycles. The minimum atomic E-state index is -0.138. The molecule has 1 aromatic rings. The molecular formula is C19H28N2O3. The Morgan fingerprint density at radius 2 is 1.96 bits per heavy atom. The van der Waals surface area contributed by atoms with E-state index in [1.165, 1.54) is 12.8 Å². The summed E-state index contributed by atoms with van der Waals surface area (Å²) in [5.41, 5.74) is 0. The summed E-state index contributed by atoms with van der Waals surface area (Å²) in [4.78, 5) is 14.7. The lowest BCUT2D eigenvalue weighted by atomic mass is 10.0. The van der Waals surface area contributed by atoms with Crippen molar-refractivity contribution in [2.24, 2.45) is 5.92 Å². The number of nitrogens with one attached hydrogen (secondary N) is 1. The Morgan fingerprint density at radius 3 is 2.62 bits per heavy atom. The Hall–Kier alpha value is -1.75. The molecule has 0 radical (unpaired) electrons. The first kappa shape index (κ1) is 17.1. The largest absolute Gasteiger partial charge is 0.486 e. The van der Waals surface area contributed by atoms with E-state index in [0.29, 0.717) is 37.7 Å². The van der Waals surface area contributed by atoms with Crippen LogP contribution >= 0.6 is 0 Å². The zero-order valence-electron chi connectivity index (χ0n) is 14.8. The Balaban J connectivity index is 1.47. The standard InChI is InChI=1S/C19H28N2O3/c1-13(2)14(3)21(15-8-9-15)11-19(22)20-10-16-12-23-17-6-4-5-7-18(17)24-16/h4-7,13-16H,8-12H2,1-3H3,(H,20,22)/t14-,16-/m1/s1. The first-order chi connectivity index (χ1) is 11.5. The number of nitrogens with zero attached hydrogens (tertiary/aromatic N) is 1. The molecular weight excluding hydrogens is 304 g/mol. The summed E-state index contributed by atoms with van der Waals surface area (Å²) in [6, 6.07) is 8.63. The zero-order valence-corrected chi connectivity index (χ0v) is 14.8. The summed E-state index contributed by atoms with van der Waals surface area (Å²) in [6.07, 6.45) is 2.28. The highest BCUT2D eigenvalue weighted by molar-refractivity contribution is 5.78. The topological polar surface area (TPSA) is 50.8 Å². The molecule has 0 aromatic heterocycles. The quantitative estimate of drug-likeness (QED) is 0.833. The van der Waals surface area contributed by atoms with Crippen LogP contribution in [0.5, 0.6) is 11.5 Å². The first-order valence-corrected chi connectivity index (χ1v) is 8.95. The molecule has 1 aliphatic carbocycles. The fourth-order valence-electron chi connectivity index (χ4n) is 3.01. The fraction of sp³-hybridized carbons (Fsp3) is 0.632. The summed E-state index contributed by atoms with van der Waals surface area (Å²) in [7, 11) is 0. The van der Waals surface area contributed by atoms with Crippen molar-refractivity contribution in [2.75, 3.05) is 19.7 Å². The Labute approximate surface area is 144 Å². The maximum absolute atomic E-state index is 12.4. The average molecular weight is 332 g/mol. The van der Waals surface area contributed by atoms with Gasteiger partial charge in [0.1, 0.15) is 12.7 Å². The number of hydrogen-bond acceptors (Lipinski definition) is 4. The molecule has 3 rings (SSSR count). The molecule has 0 unspecified atom stereocenters. The highest BCUT2D eigenvalue weighted by atomic mass is 16.6. The zero-order chi connectivity index (χ0) is 17.1. The molecule has 1 heterocycles. The molecule has 0 saturated heterocycles. The van der Waals surface area contributed by atoms with Gasteiger partial charge in [-0.2, -0.15) is 0 Å². The lowest BCUT2D eigenvalue weighted by molar-refractivity contribution is -0.123. The van der Waals surface area contributed by atoms with Crippen molar-refractivity contribution in [2.45, 2.75) is 51.8 Å². The van der Waals surface area contributed by atoms with Gasteiger partial charge in [0.05, 0.1) is 13.1 Å². The molecule has 0 spiro atoms. The molecule has 2 aliphatic rings. The minimum absolute atomic E-state index is 0.0665. The van der Waals surface area contributed by atoms with E-state index < -0.39 is 0 Å². The van der Waals surface area contributed by atoms with Crippen LogP contribution in [-0.2, 0) is 4.79 Å². The maximum atomic E-state index is 12.4. The number of hydrogen-bond donors (Lipinski definition) is 1. The van der Waals surface area contributed by atoms with Gasteiger partial charge >= 0.3 is 0 Å². The second kappa shape index (κ2) is 7.43. The highest BCUT2D eigenvalue weighted by Crippen LogP contribution is 2.31. The van der Waals surface area contributed by atoms with Gasteiger partial charge in [-0.1, -0.05) is 26.0 Å². The predicted octanol–water partition coefficient (Wildman–Crippen LogP) is 2.45. The first-order valence-electron chi connectivity index (χ1n) is 8.95. The lowest BCUT2D eigenvalue weighted by Gasteiger charge is -2.31. The van der Waals surface area contributed by atoms with Crippen LogP contribution < -0.4 is 14.8 Å². The van der Waals surface area contributed by atoms with E-state index in [4.69, 9.17) is 9.47 Å². The van der Waals surface area contributed by atoms with Crippen molar-refractivity contribution < 1.29 is 14.3 Å². The van der Waals surface area contributed by atoms with Crippen molar-refractivity contribution in [1.82, 2.24) is 10.2 Å². The number of benzene rings is 1. The van der Waals surface area contributed by atoms with Crippen LogP contribution in [-0.4, -0.2) is 48.7 Å². The van der Waals surface area contributed by atoms with Gasteiger partial charge in [-0.05, 0) is 37.8 Å². The molecule has 1 fully saturated rings. The van der Waals surface area contributed by atoms with Crippen LogP contribution in [0.1, 0.15) is 33.6 Å². The summed E-state index contributed by atoms with van der Waals surface area (Å²) >= 11 is 0. The van der Waals surface area contributed by atoms with E-state index in [0.717, 1.165) is 11.5 Å². The second-order valence-corrected chi connectivity index (χ2v) is 7.19. The summed E-state index contributed by atoms with van der Waals surface area (Å²) in [5.74, 6) is 2.13. The summed E-state index contributed by atoms with van der Waals surface area (Å²) < 4.78 is 11.6. The number of carbonyl (C=O) groups excluding carboxylic acids is 1. The smallest absolute Gasteiger partial charge is 0.234 e. The van der Waals surface area contributed by atoms with E-state index in [-0.39, 0.29) is 12.0 Å². The molecule has 132 valence electrons.